The standard InChI is InChI=1S/C37H40ClN5O7S.C3H6/c1-48-31-20-29(27(38)19-25(31)21-39-14-9-23-7-8-30(44)34-35(23)49-22-33(46)42-34)40-32(45)12-17-43-15-10-26(11-16-43)50-37(47)41-28-13-18-51-36(28)24-5-3-2-4-6-24;1-3-2/h2-8,13,18-20,26,39,44H,9-12,14-17,21-22H2,1H3,(H,40,45)(H,41,47)(H,42,46);3H,1H2,2H3. The van der Waals surface area contributed by atoms with Crippen molar-refractivity contribution in [1.82, 2.24) is 10.2 Å². The van der Waals surface area contributed by atoms with Gasteiger partial charge in [-0.2, -0.15) is 0 Å². The maximum atomic E-state index is 12.9. The number of amides is 3. The van der Waals surface area contributed by atoms with Crippen LogP contribution < -0.4 is 30.7 Å². The maximum Gasteiger partial charge on any atom is 0.411 e. The van der Waals surface area contributed by atoms with Crippen LogP contribution in [0.1, 0.15) is 37.3 Å². The van der Waals surface area contributed by atoms with Gasteiger partial charge in [-0.25, -0.2) is 4.79 Å². The molecule has 1 fully saturated rings. The van der Waals surface area contributed by atoms with E-state index in [2.05, 4.69) is 32.7 Å². The smallest absolute Gasteiger partial charge is 0.411 e. The molecule has 0 saturated carbocycles. The molecule has 0 atom stereocenters. The second-order valence-corrected chi connectivity index (χ2v) is 14.0. The van der Waals surface area contributed by atoms with Crippen molar-refractivity contribution in [1.29, 1.82) is 0 Å². The fraction of sp³-hybridized carbons (Fsp3) is 0.325. The monoisotopic (exact) mass is 775 g/mol. The third kappa shape index (κ3) is 11.0. The number of methoxy groups -OCH3 is 1. The van der Waals surface area contributed by atoms with E-state index in [4.69, 9.17) is 25.8 Å². The van der Waals surface area contributed by atoms with Gasteiger partial charge in [-0.15, -0.1) is 17.9 Å². The van der Waals surface area contributed by atoms with Crippen LogP contribution in [0.4, 0.5) is 21.9 Å². The molecule has 5 N–H and O–H groups in total. The van der Waals surface area contributed by atoms with Gasteiger partial charge in [-0.05, 0) is 67.4 Å². The lowest BCUT2D eigenvalue weighted by molar-refractivity contribution is -0.119. The molecular formula is C40H46ClN5O7S. The molecule has 2 aliphatic heterocycles. The SMILES string of the molecule is C=CC.COc1cc(NC(=O)CCN2CCC(OC(=O)Nc3ccsc3-c3ccccc3)CC2)c(Cl)cc1CNCCc1ccc(O)c2c1OCC(=O)N2. The van der Waals surface area contributed by atoms with Crippen LogP contribution in [-0.4, -0.2) is 73.9 Å². The molecule has 0 unspecified atom stereocenters. The molecule has 14 heteroatoms. The summed E-state index contributed by atoms with van der Waals surface area (Å²) in [5.74, 6) is 0.542. The number of nitrogens with one attached hydrogen (secondary N) is 4. The molecule has 2 aliphatic rings. The number of halogens is 1. The van der Waals surface area contributed by atoms with Crippen LogP contribution in [0.2, 0.25) is 5.02 Å². The van der Waals surface area contributed by atoms with Crippen molar-refractivity contribution >= 4 is 57.9 Å². The molecule has 4 aromatic rings. The van der Waals surface area contributed by atoms with Crippen molar-refractivity contribution in [3.63, 3.8) is 0 Å². The Balaban J connectivity index is 0.00000181. The number of aromatic hydroxyl groups is 1. The van der Waals surface area contributed by atoms with Crippen LogP contribution in [0.5, 0.6) is 17.2 Å². The number of piperidine rings is 1. The first-order chi connectivity index (χ1) is 26.2. The first-order valence-corrected chi connectivity index (χ1v) is 19.0. The number of phenols is 1. The Bertz CT molecular complexity index is 1910. The number of fused-ring (bicyclic) bond motifs is 1. The van der Waals surface area contributed by atoms with Crippen LogP contribution in [0.15, 0.2) is 78.7 Å². The van der Waals surface area contributed by atoms with Gasteiger partial charge in [-0.3, -0.25) is 14.9 Å². The molecule has 0 aliphatic carbocycles. The third-order valence-corrected chi connectivity index (χ3v) is 10.0. The highest BCUT2D eigenvalue weighted by Gasteiger charge is 2.24. The fourth-order valence-corrected chi connectivity index (χ4v) is 7.20. The zero-order valence-corrected chi connectivity index (χ0v) is 32.0. The Morgan fingerprint density at radius 1 is 1.09 bits per heavy atom. The number of anilines is 3. The van der Waals surface area contributed by atoms with Crippen LogP contribution in [0.25, 0.3) is 10.4 Å². The highest BCUT2D eigenvalue weighted by Crippen LogP contribution is 2.39. The van der Waals surface area contributed by atoms with Gasteiger partial charge in [0.1, 0.15) is 23.3 Å². The van der Waals surface area contributed by atoms with E-state index in [1.165, 1.54) is 6.07 Å². The molecule has 3 aromatic carbocycles. The van der Waals surface area contributed by atoms with Crippen molar-refractivity contribution in [3.05, 3.63) is 94.8 Å². The Kier molecular flexibility index (Phi) is 14.7. The molecule has 0 radical (unpaired) electrons. The summed E-state index contributed by atoms with van der Waals surface area (Å²) in [6.07, 6.45) is 3.34. The lowest BCUT2D eigenvalue weighted by atomic mass is 10.1. The number of carbonyl (C=O) groups excluding carboxylic acids is 3. The first kappa shape index (κ1) is 40.1. The number of benzene rings is 3. The third-order valence-electron chi connectivity index (χ3n) is 8.76. The summed E-state index contributed by atoms with van der Waals surface area (Å²) in [6.45, 7) is 8.19. The summed E-state index contributed by atoms with van der Waals surface area (Å²) in [5.41, 5.74) is 4.21. The molecule has 54 heavy (non-hydrogen) atoms. The average Bonchev–Trinajstić information content (AvgIpc) is 3.63. The van der Waals surface area contributed by atoms with Crippen LogP contribution >= 0.6 is 22.9 Å². The van der Waals surface area contributed by atoms with E-state index in [1.807, 2.05) is 48.7 Å². The highest BCUT2D eigenvalue weighted by atomic mass is 35.5. The van der Waals surface area contributed by atoms with E-state index in [0.29, 0.717) is 79.9 Å². The summed E-state index contributed by atoms with van der Waals surface area (Å²) in [4.78, 5) is 40.4. The van der Waals surface area contributed by atoms with Gasteiger partial charge in [-0.1, -0.05) is 54.1 Å². The summed E-state index contributed by atoms with van der Waals surface area (Å²) < 4.78 is 16.9. The molecule has 12 nitrogen and oxygen atoms in total. The van der Waals surface area contributed by atoms with Gasteiger partial charge in [0.15, 0.2) is 12.4 Å². The molecule has 1 aromatic heterocycles. The second-order valence-electron chi connectivity index (χ2n) is 12.7. The predicted octanol–water partition coefficient (Wildman–Crippen LogP) is 7.68. The summed E-state index contributed by atoms with van der Waals surface area (Å²) in [5, 5.41) is 24.2. The lowest BCUT2D eigenvalue weighted by Gasteiger charge is -2.31. The minimum absolute atomic E-state index is 0.0394. The van der Waals surface area contributed by atoms with Gasteiger partial charge in [0, 0.05) is 44.2 Å². The molecular weight excluding hydrogens is 730 g/mol. The highest BCUT2D eigenvalue weighted by molar-refractivity contribution is 7.14. The largest absolute Gasteiger partial charge is 0.506 e. The van der Waals surface area contributed by atoms with E-state index in [9.17, 15) is 19.5 Å². The van der Waals surface area contributed by atoms with Gasteiger partial charge in [0.05, 0.1) is 28.4 Å². The number of carbonyl (C=O) groups is 3. The number of thiophene rings is 1. The topological polar surface area (TPSA) is 150 Å². The predicted molar refractivity (Wildman–Crippen MR) is 214 cm³/mol. The van der Waals surface area contributed by atoms with Crippen LogP contribution in [-0.2, 0) is 27.3 Å². The van der Waals surface area contributed by atoms with E-state index < -0.39 is 6.09 Å². The van der Waals surface area contributed by atoms with Crippen molar-refractivity contribution in [2.45, 2.75) is 45.3 Å². The van der Waals surface area contributed by atoms with E-state index in [-0.39, 0.29) is 36.7 Å². The Morgan fingerprint density at radius 3 is 2.59 bits per heavy atom. The first-order valence-electron chi connectivity index (χ1n) is 17.7. The average molecular weight is 776 g/mol. The summed E-state index contributed by atoms with van der Waals surface area (Å²) in [7, 11) is 1.56. The number of hydrogen-bond donors (Lipinski definition) is 5. The molecule has 286 valence electrons. The number of rotatable bonds is 13. The molecule has 3 heterocycles. The number of phenolic OH excluding ortho intramolecular Hbond substituents is 1. The molecule has 0 spiro atoms. The molecule has 1 saturated heterocycles. The number of allylic oxidation sites excluding steroid dienone is 1. The van der Waals surface area contributed by atoms with Crippen molar-refractivity contribution < 1.29 is 33.7 Å². The quantitative estimate of drug-likeness (QED) is 0.0524. The van der Waals surface area contributed by atoms with Crippen molar-refractivity contribution in [2.75, 3.05) is 55.8 Å². The zero-order valence-electron chi connectivity index (χ0n) is 30.4. The van der Waals surface area contributed by atoms with Crippen LogP contribution in [0.3, 0.4) is 0 Å². The van der Waals surface area contributed by atoms with Gasteiger partial charge in [0.2, 0.25) is 5.91 Å². The molecule has 6 rings (SSSR count). The van der Waals surface area contributed by atoms with Gasteiger partial charge < -0.3 is 40.2 Å². The van der Waals surface area contributed by atoms with Crippen molar-refractivity contribution in [3.8, 4) is 27.7 Å². The van der Waals surface area contributed by atoms with E-state index in [1.54, 1.807) is 42.7 Å². The lowest BCUT2D eigenvalue weighted by Crippen LogP contribution is -2.39. The van der Waals surface area contributed by atoms with Gasteiger partial charge in [0.25, 0.3) is 5.91 Å². The number of ether oxygens (including phenoxy) is 3. The number of hydrogen-bond acceptors (Lipinski definition) is 10. The minimum atomic E-state index is -0.461. The second kappa shape index (κ2) is 19.8. The van der Waals surface area contributed by atoms with E-state index >= 15 is 0 Å². The molecule has 0 bridgehead atoms. The Morgan fingerprint density at radius 2 is 1.85 bits per heavy atom. The summed E-state index contributed by atoms with van der Waals surface area (Å²) in [6, 6.07) is 18.6. The zero-order chi connectivity index (χ0) is 38.5. The molecule has 3 amide bonds. The maximum absolute atomic E-state index is 12.9. The normalized spacial score (nSPS) is 14.0. The number of nitrogens with zero attached hydrogens (tertiary/aromatic N) is 1. The van der Waals surface area contributed by atoms with Gasteiger partial charge >= 0.3 is 6.09 Å². The van der Waals surface area contributed by atoms with E-state index in [0.717, 1.165) is 27.3 Å². The van der Waals surface area contributed by atoms with Crippen molar-refractivity contribution in [2.24, 2.45) is 0 Å². The Labute approximate surface area is 324 Å². The fourth-order valence-electron chi connectivity index (χ4n) is 6.11. The summed E-state index contributed by atoms with van der Waals surface area (Å²) >= 11 is 8.14. The number of likely N-dealkylation sites (tertiary alicyclic amines) is 1. The Hall–Kier alpha value is -5.08. The minimum Gasteiger partial charge on any atom is -0.506 e. The van der Waals surface area contributed by atoms with Crippen LogP contribution in [0, 0.1) is 0 Å².